The van der Waals surface area contributed by atoms with E-state index in [0.717, 1.165) is 61.1 Å². The Morgan fingerprint density at radius 1 is 0.744 bits per heavy atom. The molecule has 0 radical (unpaired) electrons. The number of benzene rings is 2. The first-order valence-corrected chi connectivity index (χ1v) is 15.4. The second-order valence-corrected chi connectivity index (χ2v) is 11.3. The first kappa shape index (κ1) is 27.4. The van der Waals surface area contributed by atoms with E-state index in [2.05, 4.69) is 76.3 Å². The monoisotopic (exact) mass is 523 g/mol. The number of hydrogen-bond acceptors (Lipinski definition) is 5. The fraction of sp³-hybridized carbons (Fsp3) is 0.500. The van der Waals surface area contributed by atoms with E-state index in [0.29, 0.717) is 5.92 Å². The molecule has 0 amide bonds. The smallest absolute Gasteiger partial charge is 0.195 e. The van der Waals surface area contributed by atoms with Crippen molar-refractivity contribution in [1.82, 2.24) is 15.3 Å². The summed E-state index contributed by atoms with van der Waals surface area (Å²) in [5, 5.41) is 6.65. The van der Waals surface area contributed by atoms with Gasteiger partial charge in [0.15, 0.2) is 5.96 Å². The lowest BCUT2D eigenvalue weighted by Crippen LogP contribution is -2.26. The summed E-state index contributed by atoms with van der Waals surface area (Å²) in [7, 11) is 0. The minimum Gasteiger partial charge on any atom is -0.354 e. The molecule has 39 heavy (non-hydrogen) atoms. The third-order valence-electron chi connectivity index (χ3n) is 8.13. The third kappa shape index (κ3) is 8.64. The number of guanidine groups is 1. The Balaban J connectivity index is 1.35. The SMILES string of the molecule is c1ccc(CCCc2cc(-c3ccc(NC4=NCCN4)cc3)nc(C3CCCCCCCCCCC3)n2)cc1. The molecule has 0 bridgehead atoms. The number of aromatic nitrogens is 2. The van der Waals surface area contributed by atoms with E-state index < -0.39 is 0 Å². The van der Waals surface area contributed by atoms with Crippen LogP contribution in [0.15, 0.2) is 65.7 Å². The molecule has 5 nitrogen and oxygen atoms in total. The standard InChI is InChI=1S/C34H45N5/c1-2-4-6-11-17-29(18-12-7-5-3-1)33-37-31(19-13-16-27-14-9-8-10-15-27)26-32(39-33)28-20-22-30(23-21-28)38-34-35-24-25-36-34/h8-10,14-15,20-23,26,29H,1-7,11-13,16-19,24-25H2,(H2,35,36,38). The second-order valence-electron chi connectivity index (χ2n) is 11.3. The molecule has 2 N–H and O–H groups in total. The summed E-state index contributed by atoms with van der Waals surface area (Å²) < 4.78 is 0. The molecule has 1 fully saturated rings. The normalized spacial score (nSPS) is 17.5. The maximum atomic E-state index is 5.23. The fourth-order valence-electron chi connectivity index (χ4n) is 5.86. The van der Waals surface area contributed by atoms with E-state index in [-0.39, 0.29) is 0 Å². The van der Waals surface area contributed by atoms with Crippen LogP contribution in [0.2, 0.25) is 0 Å². The Labute approximate surface area is 235 Å². The van der Waals surface area contributed by atoms with E-state index in [4.69, 9.17) is 9.97 Å². The van der Waals surface area contributed by atoms with Gasteiger partial charge in [-0.1, -0.05) is 100 Å². The summed E-state index contributed by atoms with van der Waals surface area (Å²) in [5.41, 5.74) is 5.84. The second kappa shape index (κ2) is 14.8. The topological polar surface area (TPSA) is 62.2 Å². The van der Waals surface area contributed by atoms with Crippen molar-refractivity contribution >= 4 is 11.6 Å². The van der Waals surface area contributed by atoms with Gasteiger partial charge in [0.05, 0.1) is 12.2 Å². The fourth-order valence-corrected chi connectivity index (χ4v) is 5.86. The number of rotatable bonds is 7. The predicted octanol–water partition coefficient (Wildman–Crippen LogP) is 8.08. The van der Waals surface area contributed by atoms with Crippen LogP contribution in [0.3, 0.4) is 0 Å². The first-order chi connectivity index (χ1) is 19.3. The summed E-state index contributed by atoms with van der Waals surface area (Å²) in [6.07, 6.45) is 17.8. The number of aliphatic imine (C=N–C) groups is 1. The molecular weight excluding hydrogens is 478 g/mol. The van der Waals surface area contributed by atoms with Crippen molar-refractivity contribution in [1.29, 1.82) is 0 Å². The van der Waals surface area contributed by atoms with Gasteiger partial charge in [0.1, 0.15) is 5.82 Å². The van der Waals surface area contributed by atoms with Crippen LogP contribution < -0.4 is 10.6 Å². The van der Waals surface area contributed by atoms with Gasteiger partial charge in [-0.05, 0) is 55.9 Å². The summed E-state index contributed by atoms with van der Waals surface area (Å²) in [5.74, 6) is 2.39. The van der Waals surface area contributed by atoms with Crippen molar-refractivity contribution in [2.75, 3.05) is 18.4 Å². The van der Waals surface area contributed by atoms with Gasteiger partial charge in [0.25, 0.3) is 0 Å². The number of hydrogen-bond donors (Lipinski definition) is 2. The van der Waals surface area contributed by atoms with Crippen molar-refractivity contribution in [2.24, 2.45) is 4.99 Å². The molecule has 2 heterocycles. The zero-order valence-electron chi connectivity index (χ0n) is 23.5. The van der Waals surface area contributed by atoms with Crippen LogP contribution >= 0.6 is 0 Å². The Bertz CT molecular complexity index is 1160. The zero-order chi connectivity index (χ0) is 26.5. The lowest BCUT2D eigenvalue weighted by Gasteiger charge is -2.19. The number of anilines is 1. The number of nitrogens with zero attached hydrogens (tertiary/aromatic N) is 3. The minimum atomic E-state index is 0.463. The van der Waals surface area contributed by atoms with Crippen LogP contribution in [0.25, 0.3) is 11.3 Å². The van der Waals surface area contributed by atoms with Gasteiger partial charge in [-0.15, -0.1) is 0 Å². The highest BCUT2D eigenvalue weighted by Gasteiger charge is 2.18. The molecule has 5 heteroatoms. The van der Waals surface area contributed by atoms with Crippen molar-refractivity contribution in [3.8, 4) is 11.3 Å². The predicted molar refractivity (Wildman–Crippen MR) is 163 cm³/mol. The largest absolute Gasteiger partial charge is 0.354 e. The van der Waals surface area contributed by atoms with Crippen LogP contribution in [-0.4, -0.2) is 29.0 Å². The van der Waals surface area contributed by atoms with Gasteiger partial charge in [-0.25, -0.2) is 9.97 Å². The molecule has 1 aromatic heterocycles. The minimum absolute atomic E-state index is 0.463. The molecule has 3 aromatic rings. The van der Waals surface area contributed by atoms with E-state index in [1.54, 1.807) is 0 Å². The zero-order valence-corrected chi connectivity index (χ0v) is 23.5. The van der Waals surface area contributed by atoms with Gasteiger partial charge < -0.3 is 10.6 Å². The average molecular weight is 524 g/mol. The molecule has 1 saturated carbocycles. The molecule has 1 aliphatic carbocycles. The van der Waals surface area contributed by atoms with E-state index >= 15 is 0 Å². The van der Waals surface area contributed by atoms with Gasteiger partial charge >= 0.3 is 0 Å². The number of aryl methyl sites for hydroxylation is 2. The van der Waals surface area contributed by atoms with Crippen LogP contribution in [-0.2, 0) is 12.8 Å². The molecule has 1 aliphatic heterocycles. The molecule has 206 valence electrons. The highest BCUT2D eigenvalue weighted by molar-refractivity contribution is 5.94. The maximum absolute atomic E-state index is 5.23. The van der Waals surface area contributed by atoms with Crippen LogP contribution in [0, 0.1) is 0 Å². The highest BCUT2D eigenvalue weighted by atomic mass is 15.2. The maximum Gasteiger partial charge on any atom is 0.195 e. The first-order valence-electron chi connectivity index (χ1n) is 15.4. The molecule has 2 aromatic carbocycles. The molecule has 2 aliphatic rings. The van der Waals surface area contributed by atoms with E-state index in [1.807, 2.05) is 0 Å². The lowest BCUT2D eigenvalue weighted by molar-refractivity contribution is 0.454. The van der Waals surface area contributed by atoms with E-state index in [1.165, 1.54) is 81.9 Å². The molecule has 5 rings (SSSR count). The summed E-state index contributed by atoms with van der Waals surface area (Å²) >= 11 is 0. The molecule has 0 unspecified atom stereocenters. The Morgan fingerprint density at radius 3 is 2.10 bits per heavy atom. The van der Waals surface area contributed by atoms with Crippen LogP contribution in [0.5, 0.6) is 0 Å². The summed E-state index contributed by atoms with van der Waals surface area (Å²) in [6, 6.07) is 21.7. The van der Waals surface area contributed by atoms with Crippen molar-refractivity contribution in [3.05, 3.63) is 77.7 Å². The number of nitrogens with one attached hydrogen (secondary N) is 2. The Morgan fingerprint density at radius 2 is 1.44 bits per heavy atom. The van der Waals surface area contributed by atoms with Crippen molar-refractivity contribution < 1.29 is 0 Å². The lowest BCUT2D eigenvalue weighted by atomic mass is 9.92. The summed E-state index contributed by atoms with van der Waals surface area (Å²) in [6.45, 7) is 1.73. The van der Waals surface area contributed by atoms with Crippen molar-refractivity contribution in [3.63, 3.8) is 0 Å². The van der Waals surface area contributed by atoms with Crippen LogP contribution in [0.4, 0.5) is 5.69 Å². The van der Waals surface area contributed by atoms with Gasteiger partial charge in [-0.2, -0.15) is 0 Å². The van der Waals surface area contributed by atoms with Gasteiger partial charge in [0, 0.05) is 29.4 Å². The quantitative estimate of drug-likeness (QED) is 0.329. The summed E-state index contributed by atoms with van der Waals surface area (Å²) in [4.78, 5) is 14.9. The molecule has 0 saturated heterocycles. The van der Waals surface area contributed by atoms with Gasteiger partial charge in [0.2, 0.25) is 0 Å². The molecule has 0 atom stereocenters. The Hall–Kier alpha value is -3.21. The van der Waals surface area contributed by atoms with Crippen LogP contribution in [0.1, 0.15) is 100 Å². The highest BCUT2D eigenvalue weighted by Crippen LogP contribution is 2.30. The third-order valence-corrected chi connectivity index (χ3v) is 8.13. The van der Waals surface area contributed by atoms with Crippen molar-refractivity contribution in [2.45, 2.75) is 95.8 Å². The molecular formula is C34H45N5. The molecule has 0 spiro atoms. The van der Waals surface area contributed by atoms with E-state index in [9.17, 15) is 0 Å². The average Bonchev–Trinajstić information content (AvgIpc) is 3.47. The van der Waals surface area contributed by atoms with Gasteiger partial charge in [-0.3, -0.25) is 4.99 Å². The Kier molecular flexibility index (Phi) is 10.4.